The number of hydrogen-bond acceptors (Lipinski definition) is 8. The smallest absolute Gasteiger partial charge is 0.251 e. The van der Waals surface area contributed by atoms with Gasteiger partial charge in [0.15, 0.2) is 28.9 Å². The predicted molar refractivity (Wildman–Crippen MR) is 131 cm³/mol. The van der Waals surface area contributed by atoms with Crippen LogP contribution in [0.25, 0.3) is 22.6 Å². The third-order valence-electron chi connectivity index (χ3n) is 5.64. The van der Waals surface area contributed by atoms with Crippen LogP contribution < -0.4 is 10.6 Å². The predicted octanol–water partition coefficient (Wildman–Crippen LogP) is 3.20. The molecule has 1 amide bonds. The number of imidazole rings is 1. The summed E-state index contributed by atoms with van der Waals surface area (Å²) in [7, 11) is 1.49. The molecule has 1 aliphatic rings. The molecule has 4 heterocycles. The van der Waals surface area contributed by atoms with Crippen molar-refractivity contribution in [2.24, 2.45) is 0 Å². The molecule has 0 saturated carbocycles. The Kier molecular flexibility index (Phi) is 6.52. The Morgan fingerprint density at radius 3 is 2.86 bits per heavy atom. The molecule has 5 rings (SSSR count). The van der Waals surface area contributed by atoms with Gasteiger partial charge in [0.1, 0.15) is 6.23 Å². The highest BCUT2D eigenvalue weighted by Gasteiger charge is 2.40. The average Bonchev–Trinajstić information content (AvgIpc) is 3.45. The minimum atomic E-state index is -0.985. The maximum atomic E-state index is 12.1. The molecule has 0 aliphatic carbocycles. The van der Waals surface area contributed by atoms with E-state index in [0.717, 1.165) is 5.56 Å². The van der Waals surface area contributed by atoms with Crippen LogP contribution in [0.5, 0.6) is 0 Å². The fraction of sp³-hybridized carbons (Fsp3) is 0.261. The van der Waals surface area contributed by atoms with Crippen LogP contribution in [-0.4, -0.2) is 54.8 Å². The molecule has 3 aromatic heterocycles. The molecule has 0 unspecified atom stereocenters. The lowest BCUT2D eigenvalue weighted by Crippen LogP contribution is -2.38. The maximum absolute atomic E-state index is 12.1. The van der Waals surface area contributed by atoms with Crippen LogP contribution >= 0.6 is 23.2 Å². The van der Waals surface area contributed by atoms with Gasteiger partial charge in [0.05, 0.1) is 17.5 Å². The van der Waals surface area contributed by atoms with Crippen molar-refractivity contribution in [3.8, 4) is 11.4 Å². The number of aromatic nitrogens is 5. The number of nitrogens with zero attached hydrogens (tertiary/aromatic N) is 5. The average molecular weight is 514 g/mol. The molecule has 3 N–H and O–H groups in total. The number of amides is 1. The number of fused-ring (bicyclic) bond motifs is 1. The third kappa shape index (κ3) is 4.78. The zero-order valence-electron chi connectivity index (χ0n) is 18.5. The monoisotopic (exact) mass is 513 g/mol. The highest BCUT2D eigenvalue weighted by Crippen LogP contribution is 2.33. The number of hydrogen-bond donors (Lipinski definition) is 3. The zero-order valence-corrected chi connectivity index (χ0v) is 20.0. The first-order valence-corrected chi connectivity index (χ1v) is 11.6. The molecular formula is C23H21Cl2N7O3. The van der Waals surface area contributed by atoms with Gasteiger partial charge in [0.2, 0.25) is 0 Å². The van der Waals surface area contributed by atoms with Crippen molar-refractivity contribution < 1.29 is 14.6 Å². The fourth-order valence-electron chi connectivity index (χ4n) is 3.95. The Labute approximate surface area is 210 Å². The second-order valence-corrected chi connectivity index (χ2v) is 8.90. The van der Waals surface area contributed by atoms with E-state index in [1.54, 1.807) is 23.2 Å². The molecule has 1 saturated heterocycles. The van der Waals surface area contributed by atoms with Crippen molar-refractivity contribution in [1.82, 2.24) is 29.8 Å². The normalized spacial score (nSPS) is 19.7. The molecule has 10 nitrogen and oxygen atoms in total. The summed E-state index contributed by atoms with van der Waals surface area (Å²) in [4.78, 5) is 30.1. The second-order valence-electron chi connectivity index (χ2n) is 8.02. The van der Waals surface area contributed by atoms with Crippen LogP contribution in [0.3, 0.4) is 0 Å². The van der Waals surface area contributed by atoms with Gasteiger partial charge < -0.3 is 20.5 Å². The Bertz CT molecular complexity index is 1400. The van der Waals surface area contributed by atoms with E-state index in [-0.39, 0.29) is 6.42 Å². The van der Waals surface area contributed by atoms with Crippen LogP contribution in [-0.2, 0) is 16.1 Å². The summed E-state index contributed by atoms with van der Waals surface area (Å²) in [6.45, 7) is 0.449. The van der Waals surface area contributed by atoms with Gasteiger partial charge in [-0.25, -0.2) is 15.0 Å². The molecule has 12 heteroatoms. The van der Waals surface area contributed by atoms with Gasteiger partial charge in [-0.05, 0) is 23.8 Å². The molecule has 35 heavy (non-hydrogen) atoms. The van der Waals surface area contributed by atoms with Crippen molar-refractivity contribution in [3.63, 3.8) is 0 Å². The summed E-state index contributed by atoms with van der Waals surface area (Å²) >= 11 is 12.3. The number of benzene rings is 1. The van der Waals surface area contributed by atoms with Gasteiger partial charge >= 0.3 is 0 Å². The van der Waals surface area contributed by atoms with Crippen LogP contribution in [0.2, 0.25) is 10.0 Å². The molecule has 1 aromatic carbocycles. The van der Waals surface area contributed by atoms with Gasteiger partial charge in [0, 0.05) is 43.0 Å². The Morgan fingerprint density at radius 1 is 1.23 bits per heavy atom. The Morgan fingerprint density at radius 2 is 2.09 bits per heavy atom. The molecular weight excluding hydrogens is 493 g/mol. The topological polar surface area (TPSA) is 127 Å². The lowest BCUT2D eigenvalue weighted by atomic mass is 10.1. The number of rotatable bonds is 6. The summed E-state index contributed by atoms with van der Waals surface area (Å²) < 4.78 is 7.55. The van der Waals surface area contributed by atoms with Crippen molar-refractivity contribution in [2.45, 2.75) is 31.4 Å². The Balaban J connectivity index is 1.55. The van der Waals surface area contributed by atoms with Gasteiger partial charge in [-0.1, -0.05) is 35.3 Å². The number of ether oxygens (including phenoxy) is 1. The van der Waals surface area contributed by atoms with Crippen molar-refractivity contribution in [2.75, 3.05) is 12.4 Å². The van der Waals surface area contributed by atoms with E-state index in [9.17, 15) is 9.90 Å². The van der Waals surface area contributed by atoms with Gasteiger partial charge in [-0.3, -0.25) is 14.3 Å². The van der Waals surface area contributed by atoms with E-state index in [2.05, 4.69) is 25.6 Å². The van der Waals surface area contributed by atoms with E-state index in [4.69, 9.17) is 32.9 Å². The molecule has 3 atom stereocenters. The summed E-state index contributed by atoms with van der Waals surface area (Å²) in [5.74, 6) is 0.475. The van der Waals surface area contributed by atoms with Gasteiger partial charge in [-0.15, -0.1) is 0 Å². The van der Waals surface area contributed by atoms with E-state index in [1.165, 1.54) is 13.2 Å². The molecule has 0 spiro atoms. The number of carbonyl (C=O) groups excluding carboxylic acids is 1. The molecule has 0 radical (unpaired) electrons. The van der Waals surface area contributed by atoms with E-state index in [1.807, 2.05) is 24.3 Å². The number of carbonyl (C=O) groups is 1. The van der Waals surface area contributed by atoms with Gasteiger partial charge in [0.25, 0.3) is 5.91 Å². The molecule has 180 valence electrons. The first-order valence-electron chi connectivity index (χ1n) is 10.8. The highest BCUT2D eigenvalue weighted by atomic mass is 35.5. The second kappa shape index (κ2) is 9.74. The SMILES string of the molecule is CNC(=O)[C@H]1O[C@@H](n2cnc3c(NCc4cccc(Cl)c4)nc(-c4cncc(Cl)c4)nc32)C[C@@H]1O. The van der Waals surface area contributed by atoms with E-state index >= 15 is 0 Å². The minimum Gasteiger partial charge on any atom is -0.390 e. The van der Waals surface area contributed by atoms with Crippen LogP contribution in [0.4, 0.5) is 5.82 Å². The largest absolute Gasteiger partial charge is 0.390 e. The van der Waals surface area contributed by atoms with Crippen LogP contribution in [0, 0.1) is 0 Å². The number of likely N-dealkylation sites (N-methyl/N-ethyl adjacent to an activating group) is 1. The molecule has 1 fully saturated rings. The van der Waals surface area contributed by atoms with Crippen molar-refractivity contribution in [3.05, 3.63) is 64.7 Å². The molecule has 1 aliphatic heterocycles. The van der Waals surface area contributed by atoms with E-state index < -0.39 is 24.3 Å². The number of nitrogens with one attached hydrogen (secondary N) is 2. The summed E-state index contributed by atoms with van der Waals surface area (Å²) in [6.07, 6.45) is 2.32. The lowest BCUT2D eigenvalue weighted by Gasteiger charge is -2.15. The quantitative estimate of drug-likeness (QED) is 0.358. The fourth-order valence-corrected chi connectivity index (χ4v) is 4.34. The lowest BCUT2D eigenvalue weighted by molar-refractivity contribution is -0.137. The first kappa shape index (κ1) is 23.4. The number of anilines is 1. The number of aliphatic hydroxyl groups is 1. The molecule has 4 aromatic rings. The first-order chi connectivity index (χ1) is 16.9. The summed E-state index contributed by atoms with van der Waals surface area (Å²) in [6, 6.07) is 9.21. The number of halogens is 2. The maximum Gasteiger partial charge on any atom is 0.251 e. The van der Waals surface area contributed by atoms with Crippen molar-refractivity contribution in [1.29, 1.82) is 0 Å². The third-order valence-corrected chi connectivity index (χ3v) is 6.09. The molecule has 0 bridgehead atoms. The standard InChI is InChI=1S/C23H21Cl2N7O3/c1-26-23(34)19-16(33)7-17(35-19)32-11-29-18-21(28-8-12-3-2-4-14(24)5-12)30-20(31-22(18)32)13-6-15(25)10-27-9-13/h2-6,9-11,16-17,19,33H,7-8H2,1H3,(H,26,34)(H,28,30,31)/t16-,17+,19-/m0/s1. The Hall–Kier alpha value is -3.31. The van der Waals surface area contributed by atoms with Crippen molar-refractivity contribution >= 4 is 46.1 Å². The van der Waals surface area contributed by atoms with Crippen LogP contribution in [0.15, 0.2) is 49.1 Å². The van der Waals surface area contributed by atoms with Gasteiger partial charge in [-0.2, -0.15) is 0 Å². The number of pyridine rings is 1. The summed E-state index contributed by atoms with van der Waals surface area (Å²) in [5, 5.41) is 17.3. The zero-order chi connectivity index (χ0) is 24.5. The highest BCUT2D eigenvalue weighted by molar-refractivity contribution is 6.31. The summed E-state index contributed by atoms with van der Waals surface area (Å²) in [5.41, 5.74) is 2.56. The van der Waals surface area contributed by atoms with E-state index in [0.29, 0.717) is 45.0 Å². The number of aliphatic hydroxyl groups excluding tert-OH is 1. The van der Waals surface area contributed by atoms with Crippen LogP contribution in [0.1, 0.15) is 18.2 Å². The minimum absolute atomic E-state index is 0.201.